The van der Waals surface area contributed by atoms with E-state index < -0.39 is 13.7 Å². The molecule has 0 bridgehead atoms. The van der Waals surface area contributed by atoms with Crippen LogP contribution in [0.3, 0.4) is 0 Å². The zero-order valence-electron chi connectivity index (χ0n) is 21.7. The highest BCUT2D eigenvalue weighted by Gasteiger charge is 2.71. The van der Waals surface area contributed by atoms with Crippen molar-refractivity contribution in [2.24, 2.45) is 22.2 Å². The maximum absolute atomic E-state index is 12.2. The van der Waals surface area contributed by atoms with E-state index in [1.165, 1.54) is 18.3 Å². The minimum atomic E-state index is -2.02. The normalized spacial score (nSPS) is 39.0. The van der Waals surface area contributed by atoms with Gasteiger partial charge < -0.3 is 13.9 Å². The van der Waals surface area contributed by atoms with E-state index in [9.17, 15) is 4.79 Å². The van der Waals surface area contributed by atoms with E-state index in [0.29, 0.717) is 6.61 Å². The van der Waals surface area contributed by atoms with Gasteiger partial charge in [0, 0.05) is 34.8 Å². The number of carbonyl (C=O) groups is 1. The number of rotatable bonds is 6. The number of methoxy groups -OCH3 is 1. The molecule has 0 spiro atoms. The molecule has 0 N–H and O–H groups in total. The van der Waals surface area contributed by atoms with Gasteiger partial charge in [-0.3, -0.25) is 0 Å². The van der Waals surface area contributed by atoms with Gasteiger partial charge in [0.2, 0.25) is 0 Å². The molecular formula is C27H42O4Si. The highest BCUT2D eigenvalue weighted by Crippen LogP contribution is 2.71. The van der Waals surface area contributed by atoms with Gasteiger partial charge in [0.05, 0.1) is 19.3 Å². The van der Waals surface area contributed by atoms with E-state index in [0.717, 1.165) is 0 Å². The lowest BCUT2D eigenvalue weighted by Gasteiger charge is -2.54. The lowest BCUT2D eigenvalue weighted by Crippen LogP contribution is -2.55. The second kappa shape index (κ2) is 7.81. The first-order valence-corrected chi connectivity index (χ1v) is 14.6. The monoisotopic (exact) mass is 458 g/mol. The molecule has 1 heterocycles. The minimum absolute atomic E-state index is 0.00160. The van der Waals surface area contributed by atoms with E-state index in [4.69, 9.17) is 13.9 Å². The Labute approximate surface area is 195 Å². The Kier molecular flexibility index (Phi) is 6.15. The van der Waals surface area contributed by atoms with Crippen molar-refractivity contribution in [3.8, 4) is 0 Å². The van der Waals surface area contributed by atoms with E-state index in [-0.39, 0.29) is 40.0 Å². The first kappa shape index (κ1) is 25.2. The third-order valence-electron chi connectivity index (χ3n) is 9.04. The highest BCUT2D eigenvalue weighted by molar-refractivity contribution is 6.74. The largest absolute Gasteiger partial charge is 0.466 e. The summed E-state index contributed by atoms with van der Waals surface area (Å²) in [6.45, 7) is 25.0. The van der Waals surface area contributed by atoms with E-state index in [1.807, 2.05) is 12.2 Å². The average molecular weight is 459 g/mol. The Bertz CT molecular complexity index is 892. The lowest BCUT2D eigenvalue weighted by atomic mass is 9.50. The zero-order chi connectivity index (χ0) is 24.3. The van der Waals surface area contributed by atoms with Crippen LogP contribution in [0.4, 0.5) is 0 Å². The average Bonchev–Trinajstić information content (AvgIpc) is 3.03. The fourth-order valence-corrected chi connectivity index (χ4v) is 7.37. The second-order valence-electron chi connectivity index (χ2n) is 12.0. The van der Waals surface area contributed by atoms with Crippen molar-refractivity contribution in [1.82, 2.24) is 0 Å². The van der Waals surface area contributed by atoms with Crippen LogP contribution in [-0.2, 0) is 18.7 Å². The molecule has 0 radical (unpaired) electrons. The third kappa shape index (κ3) is 3.43. The molecule has 178 valence electrons. The van der Waals surface area contributed by atoms with Crippen LogP contribution in [0.2, 0.25) is 18.1 Å². The van der Waals surface area contributed by atoms with Crippen LogP contribution in [0.5, 0.6) is 0 Å². The molecule has 1 aliphatic heterocycles. The summed E-state index contributed by atoms with van der Waals surface area (Å²) in [5.41, 5.74) is 1.71. The predicted octanol–water partition coefficient (Wildman–Crippen LogP) is 6.23. The summed E-state index contributed by atoms with van der Waals surface area (Å²) in [6, 6.07) is 0. The van der Waals surface area contributed by atoms with Gasteiger partial charge in [0.25, 0.3) is 0 Å². The Hall–Kier alpha value is -1.43. The van der Waals surface area contributed by atoms with Crippen molar-refractivity contribution >= 4 is 14.3 Å². The fourth-order valence-electron chi connectivity index (χ4n) is 6.32. The van der Waals surface area contributed by atoms with Gasteiger partial charge in [-0.15, -0.1) is 6.58 Å². The van der Waals surface area contributed by atoms with Crippen LogP contribution in [0, 0.1) is 22.2 Å². The number of hydrogen-bond donors (Lipinski definition) is 0. The number of ether oxygens (including phenoxy) is 2. The van der Waals surface area contributed by atoms with Crippen molar-refractivity contribution in [1.29, 1.82) is 0 Å². The molecule has 0 aromatic heterocycles. The van der Waals surface area contributed by atoms with Crippen molar-refractivity contribution in [2.45, 2.75) is 78.8 Å². The van der Waals surface area contributed by atoms with Gasteiger partial charge in [-0.25, -0.2) is 4.79 Å². The van der Waals surface area contributed by atoms with Crippen molar-refractivity contribution in [2.75, 3.05) is 13.7 Å². The molecule has 6 atom stereocenters. The molecule has 0 amide bonds. The topological polar surface area (TPSA) is 44.8 Å². The van der Waals surface area contributed by atoms with Gasteiger partial charge in [-0.05, 0) is 37.6 Å². The minimum Gasteiger partial charge on any atom is -0.466 e. The van der Waals surface area contributed by atoms with Gasteiger partial charge in [0.1, 0.15) is 0 Å². The molecule has 0 aromatic carbocycles. The smallest absolute Gasteiger partial charge is 0.330 e. The van der Waals surface area contributed by atoms with Crippen molar-refractivity contribution in [3.63, 3.8) is 0 Å². The Morgan fingerprint density at radius 2 is 1.84 bits per heavy atom. The second-order valence-corrected chi connectivity index (χ2v) is 16.8. The summed E-state index contributed by atoms with van der Waals surface area (Å²) >= 11 is 0. The van der Waals surface area contributed by atoms with Crippen LogP contribution in [-0.4, -0.2) is 40.2 Å². The third-order valence-corrected chi connectivity index (χ3v) is 13.5. The molecule has 3 aliphatic rings. The zero-order valence-corrected chi connectivity index (χ0v) is 22.7. The van der Waals surface area contributed by atoms with Crippen LogP contribution in [0.1, 0.15) is 48.5 Å². The van der Waals surface area contributed by atoms with Crippen molar-refractivity contribution < 1.29 is 18.7 Å². The van der Waals surface area contributed by atoms with Gasteiger partial charge in [0.15, 0.2) is 8.32 Å². The lowest BCUT2D eigenvalue weighted by molar-refractivity contribution is -0.134. The Morgan fingerprint density at radius 1 is 1.22 bits per heavy atom. The summed E-state index contributed by atoms with van der Waals surface area (Å²) in [6.07, 6.45) is 10.2. The maximum atomic E-state index is 12.2. The van der Waals surface area contributed by atoms with E-state index in [2.05, 4.69) is 80.3 Å². The van der Waals surface area contributed by atoms with Gasteiger partial charge in [-0.2, -0.15) is 0 Å². The summed E-state index contributed by atoms with van der Waals surface area (Å²) in [5, 5.41) is 0.0968. The highest BCUT2D eigenvalue weighted by atomic mass is 28.4. The maximum Gasteiger partial charge on any atom is 0.330 e. The van der Waals surface area contributed by atoms with Crippen LogP contribution in [0.15, 0.2) is 48.1 Å². The molecule has 1 fully saturated rings. The molecule has 3 rings (SSSR count). The van der Waals surface area contributed by atoms with Crippen LogP contribution < -0.4 is 0 Å². The van der Waals surface area contributed by atoms with E-state index in [1.54, 1.807) is 6.08 Å². The van der Waals surface area contributed by atoms with Crippen LogP contribution in [0.25, 0.3) is 0 Å². The molecule has 2 aliphatic carbocycles. The summed E-state index contributed by atoms with van der Waals surface area (Å²) in [7, 11) is -0.598. The SMILES string of the molecule is C=C[C@@H]1O[C@H]2C(C)=C[C@](/C=C/C(=O)OC)(CO[Si](C)(C)C(C)(C)C)[C@H]3C(C)=C[C@]1(C)[C@@]23C. The molecule has 5 heteroatoms. The molecular weight excluding hydrogens is 416 g/mol. The van der Waals surface area contributed by atoms with Gasteiger partial charge >= 0.3 is 5.97 Å². The number of esters is 1. The molecule has 1 saturated heterocycles. The number of carbonyl (C=O) groups excluding carboxylic acids is 1. The summed E-state index contributed by atoms with van der Waals surface area (Å²) < 4.78 is 18.4. The first-order chi connectivity index (χ1) is 14.6. The fraction of sp³-hybridized carbons (Fsp3) is 0.667. The van der Waals surface area contributed by atoms with Gasteiger partial charge in [-0.1, -0.05) is 64.5 Å². The van der Waals surface area contributed by atoms with Crippen molar-refractivity contribution in [3.05, 3.63) is 48.1 Å². The quantitative estimate of drug-likeness (QED) is 0.205. The Morgan fingerprint density at radius 3 is 2.38 bits per heavy atom. The number of hydrogen-bond acceptors (Lipinski definition) is 4. The van der Waals surface area contributed by atoms with E-state index >= 15 is 0 Å². The first-order valence-electron chi connectivity index (χ1n) is 11.7. The standard InChI is InChI=1S/C27H42O4Si/c1-12-20-25(7)15-18(2)22-26(25,8)23(31-20)19(3)16-27(22,14-13-21(28)29-9)17-30-32(10,11)24(4,5)6/h12-16,20,22-23H,1,17H2,2-11H3/b14-13+/t20-,22-,23-,25-,26+,27+/m0/s1. The Balaban J connectivity index is 2.18. The molecule has 4 nitrogen and oxygen atoms in total. The molecule has 0 saturated carbocycles. The molecule has 32 heavy (non-hydrogen) atoms. The predicted molar refractivity (Wildman–Crippen MR) is 133 cm³/mol. The molecule has 0 unspecified atom stereocenters. The summed E-state index contributed by atoms with van der Waals surface area (Å²) in [4.78, 5) is 12.2. The van der Waals surface area contributed by atoms with Crippen LogP contribution >= 0.6 is 0 Å². The summed E-state index contributed by atoms with van der Waals surface area (Å²) in [5.74, 6) is -0.201. The number of allylic oxidation sites excluding steroid dienone is 1. The molecule has 0 aromatic rings.